The molecule has 1 atom stereocenters. The molecular weight excluding hydrogens is 400 g/mol. The predicted molar refractivity (Wildman–Crippen MR) is 106 cm³/mol. The zero-order valence-electron chi connectivity index (χ0n) is 15.3. The number of amides is 1. The van der Waals surface area contributed by atoms with Crippen LogP contribution in [0.2, 0.25) is 0 Å². The molecule has 0 spiro atoms. The molecule has 144 valence electrons. The smallest absolute Gasteiger partial charge is 0.332 e. The fourth-order valence-corrected chi connectivity index (χ4v) is 4.87. The van der Waals surface area contributed by atoms with Gasteiger partial charge in [0.2, 0.25) is 0 Å². The lowest BCUT2D eigenvalue weighted by Gasteiger charge is -2.25. The fraction of sp³-hybridized carbons (Fsp3) is 0.222. The number of hydrogen-bond acceptors (Lipinski definition) is 8. The lowest BCUT2D eigenvalue weighted by Crippen LogP contribution is -2.41. The van der Waals surface area contributed by atoms with Crippen molar-refractivity contribution in [3.63, 3.8) is 0 Å². The van der Waals surface area contributed by atoms with Gasteiger partial charge in [-0.3, -0.25) is 14.2 Å². The number of methoxy groups -OCH3 is 1. The van der Waals surface area contributed by atoms with Gasteiger partial charge in [-0.2, -0.15) is 5.26 Å². The standard InChI is InChI=1S/C18H16N4O4S2/c1-21(2)17(25)14-13(10-5-4-6-27-10)9(8-19)15(20)22-16(24)11(28-18(14)22)7-12(23)26-3/h4-7,13H,20H2,1-3H3. The van der Waals surface area contributed by atoms with Gasteiger partial charge in [-0.25, -0.2) is 4.79 Å². The van der Waals surface area contributed by atoms with Crippen LogP contribution < -0.4 is 20.5 Å². The summed E-state index contributed by atoms with van der Waals surface area (Å²) < 4.78 is 6.08. The molecule has 2 aromatic rings. The van der Waals surface area contributed by atoms with E-state index in [1.165, 1.54) is 23.3 Å². The van der Waals surface area contributed by atoms with E-state index in [1.807, 2.05) is 17.5 Å². The minimum Gasteiger partial charge on any atom is -0.466 e. The molecular formula is C18H16N4O4S2. The molecule has 0 aliphatic carbocycles. The molecule has 0 radical (unpaired) electrons. The summed E-state index contributed by atoms with van der Waals surface area (Å²) in [5.74, 6) is -1.78. The molecule has 1 aliphatic heterocycles. The number of carbonyl (C=O) groups excluding carboxylic acids is 2. The Morgan fingerprint density at radius 2 is 2.14 bits per heavy atom. The number of hydrogen-bond donors (Lipinski definition) is 1. The third-order valence-electron chi connectivity index (χ3n) is 4.18. The van der Waals surface area contributed by atoms with Crippen LogP contribution in [0.25, 0.3) is 17.5 Å². The number of esters is 1. The van der Waals surface area contributed by atoms with Crippen molar-refractivity contribution in [2.24, 2.45) is 5.73 Å². The maximum Gasteiger partial charge on any atom is 0.332 e. The average Bonchev–Trinajstić information content (AvgIpc) is 3.29. The van der Waals surface area contributed by atoms with Crippen molar-refractivity contribution in [2.45, 2.75) is 5.92 Å². The highest BCUT2D eigenvalue weighted by Gasteiger charge is 2.36. The maximum absolute atomic E-state index is 13.0. The monoisotopic (exact) mass is 416 g/mol. The predicted octanol–water partition coefficient (Wildman–Crippen LogP) is -0.388. The lowest BCUT2D eigenvalue weighted by molar-refractivity contribution is -0.133. The van der Waals surface area contributed by atoms with Crippen molar-refractivity contribution in [3.8, 4) is 6.07 Å². The molecule has 1 amide bonds. The van der Waals surface area contributed by atoms with Crippen LogP contribution in [0, 0.1) is 11.3 Å². The highest BCUT2D eigenvalue weighted by atomic mass is 32.1. The summed E-state index contributed by atoms with van der Waals surface area (Å²) in [6, 6.07) is 5.68. The van der Waals surface area contributed by atoms with Crippen LogP contribution in [0.1, 0.15) is 10.8 Å². The topological polar surface area (TPSA) is 118 Å². The van der Waals surface area contributed by atoms with Crippen molar-refractivity contribution >= 4 is 52.0 Å². The largest absolute Gasteiger partial charge is 0.466 e. The summed E-state index contributed by atoms with van der Waals surface area (Å²) in [6.45, 7) is 0. The first kappa shape index (κ1) is 19.6. The van der Waals surface area contributed by atoms with E-state index in [1.54, 1.807) is 14.1 Å². The lowest BCUT2D eigenvalue weighted by atomic mass is 9.88. The Balaban J connectivity index is 2.50. The Morgan fingerprint density at radius 1 is 1.43 bits per heavy atom. The van der Waals surface area contributed by atoms with E-state index in [0.717, 1.165) is 26.9 Å². The van der Waals surface area contributed by atoms with Crippen LogP contribution in [-0.2, 0) is 14.3 Å². The molecule has 1 aliphatic rings. The van der Waals surface area contributed by atoms with Crippen LogP contribution in [0.3, 0.4) is 0 Å². The minimum atomic E-state index is -0.699. The number of nitriles is 1. The summed E-state index contributed by atoms with van der Waals surface area (Å²) >= 11 is 2.35. The van der Waals surface area contributed by atoms with E-state index < -0.39 is 17.4 Å². The second kappa shape index (κ2) is 7.46. The second-order valence-electron chi connectivity index (χ2n) is 6.05. The third-order valence-corrected chi connectivity index (χ3v) is 6.23. The summed E-state index contributed by atoms with van der Waals surface area (Å²) in [5.41, 5.74) is 5.98. The van der Waals surface area contributed by atoms with Crippen molar-refractivity contribution in [1.82, 2.24) is 9.47 Å². The highest BCUT2D eigenvalue weighted by Crippen LogP contribution is 2.38. The number of nitrogens with zero attached hydrogens (tertiary/aromatic N) is 3. The van der Waals surface area contributed by atoms with Crippen molar-refractivity contribution < 1.29 is 14.3 Å². The average molecular weight is 416 g/mol. The first-order chi connectivity index (χ1) is 13.3. The fourth-order valence-electron chi connectivity index (χ4n) is 2.90. The number of nitrogens with two attached hydrogens (primary N) is 1. The first-order valence-corrected chi connectivity index (χ1v) is 9.72. The molecule has 3 rings (SSSR count). The minimum absolute atomic E-state index is 0.0445. The number of ether oxygens (including phenoxy) is 1. The normalized spacial score (nSPS) is 16.6. The number of aromatic nitrogens is 1. The Morgan fingerprint density at radius 3 is 2.68 bits per heavy atom. The summed E-state index contributed by atoms with van der Waals surface area (Å²) in [7, 11) is 4.38. The molecule has 0 fully saturated rings. The molecule has 2 N–H and O–H groups in total. The summed E-state index contributed by atoms with van der Waals surface area (Å²) in [6.07, 6.45) is 1.05. The zero-order valence-corrected chi connectivity index (χ0v) is 16.9. The first-order valence-electron chi connectivity index (χ1n) is 8.02. The van der Waals surface area contributed by atoms with E-state index >= 15 is 0 Å². The van der Waals surface area contributed by atoms with Gasteiger partial charge in [0.25, 0.3) is 11.5 Å². The Bertz CT molecular complexity index is 1210. The molecule has 10 heteroatoms. The van der Waals surface area contributed by atoms with Gasteiger partial charge >= 0.3 is 5.97 Å². The Kier molecular flexibility index (Phi) is 5.22. The molecule has 3 heterocycles. The van der Waals surface area contributed by atoms with Gasteiger partial charge in [-0.05, 0) is 11.4 Å². The van der Waals surface area contributed by atoms with Crippen LogP contribution in [0.4, 0.5) is 0 Å². The molecule has 0 saturated heterocycles. The van der Waals surface area contributed by atoms with Crippen LogP contribution in [0.15, 0.2) is 27.9 Å². The van der Waals surface area contributed by atoms with Gasteiger partial charge in [0.1, 0.15) is 15.0 Å². The zero-order chi connectivity index (χ0) is 20.6. The molecule has 2 aromatic heterocycles. The number of rotatable bonds is 3. The molecule has 0 aromatic carbocycles. The van der Waals surface area contributed by atoms with E-state index in [-0.39, 0.29) is 27.4 Å². The number of thiophene rings is 1. The summed E-state index contributed by atoms with van der Waals surface area (Å²) in [4.78, 5) is 39.7. The van der Waals surface area contributed by atoms with E-state index in [4.69, 9.17) is 5.73 Å². The van der Waals surface area contributed by atoms with Gasteiger partial charge in [-0.1, -0.05) is 6.07 Å². The van der Waals surface area contributed by atoms with Crippen LogP contribution >= 0.6 is 22.7 Å². The number of carbonyl (C=O) groups is 2. The van der Waals surface area contributed by atoms with Crippen molar-refractivity contribution in [2.75, 3.05) is 21.2 Å². The molecule has 28 heavy (non-hydrogen) atoms. The van der Waals surface area contributed by atoms with Crippen molar-refractivity contribution in [1.29, 1.82) is 5.26 Å². The SMILES string of the molecule is COC(=O)C=c1sc2n(c1=O)C(N)=C(C#N)C(c1cccs1)C=2C(=O)N(C)C. The number of thiazole rings is 1. The van der Waals surface area contributed by atoms with E-state index in [2.05, 4.69) is 10.8 Å². The molecule has 0 saturated carbocycles. The van der Waals surface area contributed by atoms with Gasteiger partial charge in [0.05, 0.1) is 30.2 Å². The van der Waals surface area contributed by atoms with Gasteiger partial charge in [0, 0.05) is 25.0 Å². The van der Waals surface area contributed by atoms with Crippen LogP contribution in [-0.4, -0.2) is 42.5 Å². The van der Waals surface area contributed by atoms with Crippen molar-refractivity contribution in [3.05, 3.63) is 47.5 Å². The Labute approximate surface area is 167 Å². The molecule has 0 bridgehead atoms. The number of fused-ring (bicyclic) bond motifs is 1. The van der Waals surface area contributed by atoms with Gasteiger partial charge in [-0.15, -0.1) is 22.7 Å². The van der Waals surface area contributed by atoms with E-state index in [9.17, 15) is 19.6 Å². The van der Waals surface area contributed by atoms with Gasteiger partial charge < -0.3 is 15.4 Å². The Hall–Kier alpha value is -3.16. The molecule has 1 unspecified atom stereocenters. The quantitative estimate of drug-likeness (QED) is 0.681. The number of allylic oxidation sites excluding steroid dienone is 1. The van der Waals surface area contributed by atoms with E-state index in [0.29, 0.717) is 4.66 Å². The third kappa shape index (κ3) is 3.04. The summed E-state index contributed by atoms with van der Waals surface area (Å²) in [5, 5.41) is 11.6. The molecule has 8 nitrogen and oxygen atoms in total. The second-order valence-corrected chi connectivity index (χ2v) is 8.06. The maximum atomic E-state index is 13.0. The van der Waals surface area contributed by atoms with Crippen LogP contribution in [0.5, 0.6) is 0 Å². The van der Waals surface area contributed by atoms with Gasteiger partial charge in [0.15, 0.2) is 0 Å². The highest BCUT2D eigenvalue weighted by molar-refractivity contribution is 7.10.